The Balaban J connectivity index is 1.51. The normalized spacial score (nSPS) is 12.5. The number of nitrogens with zero attached hydrogens (tertiary/aromatic N) is 2. The van der Waals surface area contributed by atoms with Gasteiger partial charge in [-0.3, -0.25) is 14.9 Å². The Kier molecular flexibility index (Phi) is 4.28. The number of benzene rings is 2. The third-order valence-corrected chi connectivity index (χ3v) is 4.03. The fourth-order valence-electron chi connectivity index (χ4n) is 2.69. The number of amides is 1. The Morgan fingerprint density at radius 3 is 2.79 bits per heavy atom. The number of carbonyl (C=O) groups excluding carboxylic acids is 1. The number of nitro groups is 1. The maximum atomic E-state index is 12.2. The van der Waals surface area contributed by atoms with E-state index in [0.717, 1.165) is 0 Å². The predicted molar refractivity (Wildman–Crippen MR) is 97.0 cm³/mol. The van der Waals surface area contributed by atoms with Crippen LogP contribution in [0.25, 0.3) is 11.0 Å². The Morgan fingerprint density at radius 1 is 1.25 bits per heavy atom. The van der Waals surface area contributed by atoms with E-state index >= 15 is 0 Å². The van der Waals surface area contributed by atoms with Gasteiger partial charge in [-0.25, -0.2) is 5.43 Å². The van der Waals surface area contributed by atoms with Gasteiger partial charge in [-0.1, -0.05) is 0 Å². The van der Waals surface area contributed by atoms with Gasteiger partial charge >= 0.3 is 5.91 Å². The summed E-state index contributed by atoms with van der Waals surface area (Å²) in [5.74, 6) is 0.986. The predicted octanol–water partition coefficient (Wildman–Crippen LogP) is 2.84. The number of hydrogen-bond acceptors (Lipinski definition) is 8. The van der Waals surface area contributed by atoms with Crippen LogP contribution in [0.5, 0.6) is 17.2 Å². The quantitative estimate of drug-likeness (QED) is 0.408. The zero-order valence-electron chi connectivity index (χ0n) is 14.5. The lowest BCUT2D eigenvalue weighted by molar-refractivity contribution is -0.384. The minimum atomic E-state index is -0.602. The lowest BCUT2D eigenvalue weighted by atomic mass is 10.2. The number of ether oxygens (including phenoxy) is 3. The van der Waals surface area contributed by atoms with E-state index in [1.54, 1.807) is 12.1 Å². The van der Waals surface area contributed by atoms with Gasteiger partial charge < -0.3 is 18.6 Å². The van der Waals surface area contributed by atoms with Gasteiger partial charge in [-0.05, 0) is 18.2 Å². The number of carbonyl (C=O) groups is 1. The molecule has 142 valence electrons. The molecule has 1 amide bonds. The van der Waals surface area contributed by atoms with E-state index in [4.69, 9.17) is 18.6 Å². The molecule has 1 aliphatic rings. The van der Waals surface area contributed by atoms with Crippen LogP contribution in [0, 0.1) is 10.1 Å². The molecule has 0 unspecified atom stereocenters. The highest BCUT2D eigenvalue weighted by atomic mass is 16.7. The van der Waals surface area contributed by atoms with E-state index in [9.17, 15) is 14.9 Å². The van der Waals surface area contributed by atoms with Crippen molar-refractivity contribution in [1.29, 1.82) is 0 Å². The average molecular weight is 383 g/mol. The number of nitro benzene ring substituents is 1. The zero-order valence-corrected chi connectivity index (χ0v) is 14.5. The van der Waals surface area contributed by atoms with E-state index in [1.807, 2.05) is 0 Å². The van der Waals surface area contributed by atoms with E-state index in [1.165, 1.54) is 37.6 Å². The van der Waals surface area contributed by atoms with E-state index in [-0.39, 0.29) is 18.2 Å². The van der Waals surface area contributed by atoms with Gasteiger partial charge in [0.05, 0.1) is 18.2 Å². The average Bonchev–Trinajstić information content (AvgIpc) is 3.32. The largest absolute Gasteiger partial charge is 0.496 e. The molecular weight excluding hydrogens is 370 g/mol. The molecule has 10 nitrogen and oxygen atoms in total. The minimum absolute atomic E-state index is 0.0229. The number of nitrogens with one attached hydrogen (secondary N) is 1. The van der Waals surface area contributed by atoms with E-state index in [2.05, 4.69) is 10.5 Å². The van der Waals surface area contributed by atoms with Gasteiger partial charge in [0.25, 0.3) is 5.69 Å². The standard InChI is InChI=1S/C18H13N3O7/c1-25-14-7-16-15(26-9-27-16)6-11(14)8-19-20-18(22)17-5-10-4-12(21(23)24)2-3-13(10)28-17/h2-8H,9H2,1H3,(H,20,22)/b19-8-. The molecule has 1 aliphatic heterocycles. The first-order valence-corrected chi connectivity index (χ1v) is 8.04. The zero-order chi connectivity index (χ0) is 19.7. The molecule has 10 heteroatoms. The number of hydrogen-bond donors (Lipinski definition) is 1. The number of rotatable bonds is 5. The summed E-state index contributed by atoms with van der Waals surface area (Å²) in [6.07, 6.45) is 1.40. The van der Waals surface area contributed by atoms with Crippen molar-refractivity contribution in [3.05, 3.63) is 57.8 Å². The highest BCUT2D eigenvalue weighted by molar-refractivity contribution is 5.97. The molecule has 2 heterocycles. The molecule has 1 N–H and O–H groups in total. The first-order valence-electron chi connectivity index (χ1n) is 8.04. The van der Waals surface area contributed by atoms with E-state index < -0.39 is 10.8 Å². The van der Waals surface area contributed by atoms with E-state index in [0.29, 0.717) is 33.8 Å². The maximum absolute atomic E-state index is 12.2. The lowest BCUT2D eigenvalue weighted by Crippen LogP contribution is -2.16. The first-order chi connectivity index (χ1) is 13.5. The minimum Gasteiger partial charge on any atom is -0.496 e. The van der Waals surface area contributed by atoms with Crippen LogP contribution in [0.3, 0.4) is 0 Å². The molecule has 3 aromatic rings. The fraction of sp³-hybridized carbons (Fsp3) is 0.111. The first kappa shape index (κ1) is 17.3. The summed E-state index contributed by atoms with van der Waals surface area (Å²) in [5, 5.41) is 15.2. The van der Waals surface area contributed by atoms with Crippen LogP contribution in [-0.2, 0) is 0 Å². The van der Waals surface area contributed by atoms with Gasteiger partial charge in [0.2, 0.25) is 6.79 Å². The topological polar surface area (TPSA) is 125 Å². The fourth-order valence-corrected chi connectivity index (χ4v) is 2.69. The second kappa shape index (κ2) is 6.91. The molecule has 0 saturated carbocycles. The second-order valence-electron chi connectivity index (χ2n) is 5.74. The monoisotopic (exact) mass is 383 g/mol. The van der Waals surface area contributed by atoms with Crippen LogP contribution >= 0.6 is 0 Å². The van der Waals surface area contributed by atoms with Gasteiger partial charge in [0.15, 0.2) is 17.3 Å². The number of non-ortho nitro benzene ring substituents is 1. The molecule has 0 spiro atoms. The lowest BCUT2D eigenvalue weighted by Gasteiger charge is -2.05. The smallest absolute Gasteiger partial charge is 0.307 e. The Labute approximate surface area is 157 Å². The van der Waals surface area contributed by atoms with Gasteiger partial charge in [-0.15, -0.1) is 0 Å². The molecule has 0 fully saturated rings. The van der Waals surface area contributed by atoms with Crippen molar-refractivity contribution in [1.82, 2.24) is 5.43 Å². The molecule has 0 aliphatic carbocycles. The summed E-state index contributed by atoms with van der Waals surface area (Å²) in [6.45, 7) is 0.125. The van der Waals surface area contributed by atoms with Crippen molar-refractivity contribution >= 4 is 28.8 Å². The number of methoxy groups -OCH3 is 1. The number of fused-ring (bicyclic) bond motifs is 2. The molecule has 0 bridgehead atoms. The Bertz CT molecular complexity index is 1120. The third-order valence-electron chi connectivity index (χ3n) is 4.03. The second-order valence-corrected chi connectivity index (χ2v) is 5.74. The van der Waals surface area contributed by atoms with Crippen LogP contribution < -0.4 is 19.6 Å². The van der Waals surface area contributed by atoms with Crippen LogP contribution in [0.2, 0.25) is 0 Å². The summed E-state index contributed by atoms with van der Waals surface area (Å²) in [5.41, 5.74) is 3.19. The summed E-state index contributed by atoms with van der Waals surface area (Å²) >= 11 is 0. The summed E-state index contributed by atoms with van der Waals surface area (Å²) in [4.78, 5) is 22.6. The molecular formula is C18H13N3O7. The van der Waals surface area contributed by atoms with Crippen molar-refractivity contribution in [2.45, 2.75) is 0 Å². The van der Waals surface area contributed by atoms with Crippen molar-refractivity contribution in [3.63, 3.8) is 0 Å². The maximum Gasteiger partial charge on any atom is 0.307 e. The van der Waals surface area contributed by atoms with Crippen molar-refractivity contribution in [3.8, 4) is 17.2 Å². The van der Waals surface area contributed by atoms with Crippen LogP contribution in [-0.4, -0.2) is 30.9 Å². The van der Waals surface area contributed by atoms with Crippen LogP contribution in [0.15, 0.2) is 45.9 Å². The third kappa shape index (κ3) is 3.18. The highest BCUT2D eigenvalue weighted by Crippen LogP contribution is 2.37. The van der Waals surface area contributed by atoms with Gasteiger partial charge in [0.1, 0.15) is 11.3 Å². The molecule has 0 atom stereocenters. The molecule has 0 saturated heterocycles. The summed E-state index contributed by atoms with van der Waals surface area (Å²) in [7, 11) is 1.50. The van der Waals surface area contributed by atoms with Gasteiger partial charge in [0, 0.05) is 29.1 Å². The summed E-state index contributed by atoms with van der Waals surface area (Å²) in [6, 6.07) is 8.82. The Morgan fingerprint density at radius 2 is 2.04 bits per heavy atom. The molecule has 1 aromatic heterocycles. The van der Waals surface area contributed by atoms with Crippen LogP contribution in [0.1, 0.15) is 16.1 Å². The Hall–Kier alpha value is -4.08. The number of hydrazone groups is 1. The molecule has 2 aromatic carbocycles. The number of furan rings is 1. The van der Waals surface area contributed by atoms with Crippen molar-refractivity contribution in [2.24, 2.45) is 5.10 Å². The SMILES string of the molecule is COc1cc2c(cc1/C=N\NC(=O)c1cc3cc([N+](=O)[O-])ccc3o1)OCO2. The highest BCUT2D eigenvalue weighted by Gasteiger charge is 2.18. The van der Waals surface area contributed by atoms with Gasteiger partial charge in [-0.2, -0.15) is 5.10 Å². The molecule has 4 rings (SSSR count). The van der Waals surface area contributed by atoms with Crippen molar-refractivity contribution in [2.75, 3.05) is 13.9 Å². The summed E-state index contributed by atoms with van der Waals surface area (Å²) < 4.78 is 21.3. The molecule has 0 radical (unpaired) electrons. The molecule has 28 heavy (non-hydrogen) atoms. The van der Waals surface area contributed by atoms with Crippen LogP contribution in [0.4, 0.5) is 5.69 Å². The van der Waals surface area contributed by atoms with Crippen molar-refractivity contribution < 1.29 is 28.3 Å².